The van der Waals surface area contributed by atoms with E-state index >= 15 is 0 Å². The summed E-state index contributed by atoms with van der Waals surface area (Å²) in [6.45, 7) is 1.78. The Balaban J connectivity index is 3.25. The highest BCUT2D eigenvalue weighted by Crippen LogP contribution is 2.13. The molecule has 4 nitrogen and oxygen atoms in total. The minimum atomic E-state index is -4.18. The lowest BCUT2D eigenvalue weighted by Gasteiger charge is -2.06. The van der Waals surface area contributed by atoms with E-state index in [2.05, 4.69) is 0 Å². The van der Waals surface area contributed by atoms with Crippen LogP contribution in [-0.2, 0) is 19.0 Å². The van der Waals surface area contributed by atoms with E-state index in [9.17, 15) is 17.2 Å². The molecule has 0 radical (unpaired) electrons. The van der Waals surface area contributed by atoms with Crippen molar-refractivity contribution < 1.29 is 17.2 Å². The maximum absolute atomic E-state index is 11.0. The van der Waals surface area contributed by atoms with Crippen molar-refractivity contribution in [2.24, 2.45) is 0 Å². The van der Waals surface area contributed by atoms with E-state index in [0.29, 0.717) is 0 Å². The molecule has 0 aliphatic carbocycles. The quantitative estimate of drug-likeness (QED) is 0.538. The first-order valence-electron chi connectivity index (χ1n) is 3.36. The van der Waals surface area contributed by atoms with E-state index < -0.39 is 19.0 Å². The summed E-state index contributed by atoms with van der Waals surface area (Å²) in [5.74, 6) is 0. The van der Waals surface area contributed by atoms with E-state index in [1.807, 2.05) is 0 Å². The van der Waals surface area contributed by atoms with Crippen molar-refractivity contribution in [2.75, 3.05) is 0 Å². The highest BCUT2D eigenvalue weighted by atomic mass is 33.2. The van der Waals surface area contributed by atoms with Gasteiger partial charge in [0.25, 0.3) is 0 Å². The van der Waals surface area contributed by atoms with Gasteiger partial charge in [-0.15, -0.1) is 0 Å². The normalized spacial score (nSPS) is 14.0. The molecule has 72 valence electrons. The van der Waals surface area contributed by atoms with E-state index in [0.717, 1.165) is 5.56 Å². The first kappa shape index (κ1) is 10.4. The Morgan fingerprint density at radius 1 is 1.23 bits per heavy atom. The molecule has 0 saturated heterocycles. The van der Waals surface area contributed by atoms with Gasteiger partial charge in [-0.2, -0.15) is 0 Å². The molecule has 0 aliphatic heterocycles. The molecule has 0 bridgehead atoms. The fourth-order valence-corrected chi connectivity index (χ4v) is 2.21. The fraction of sp³-hybridized carbons (Fsp3) is 0.143. The molecule has 0 spiro atoms. The van der Waals surface area contributed by atoms with Crippen molar-refractivity contribution in [3.05, 3.63) is 29.8 Å². The van der Waals surface area contributed by atoms with Gasteiger partial charge in [-0.05, 0) is 19.1 Å². The Morgan fingerprint density at radius 3 is 2.08 bits per heavy atom. The van der Waals surface area contributed by atoms with Crippen LogP contribution in [0.15, 0.2) is 29.2 Å². The molecule has 13 heavy (non-hydrogen) atoms. The summed E-state index contributed by atoms with van der Waals surface area (Å²) in [5, 5.41) is 0. The summed E-state index contributed by atoms with van der Waals surface area (Å²) < 4.78 is 42.7. The second kappa shape index (κ2) is 3.57. The van der Waals surface area contributed by atoms with Crippen molar-refractivity contribution in [3.63, 3.8) is 0 Å². The number of aryl methyl sites for hydroxylation is 1. The van der Waals surface area contributed by atoms with E-state index in [4.69, 9.17) is 0 Å². The van der Waals surface area contributed by atoms with Crippen LogP contribution in [0.1, 0.15) is 5.56 Å². The van der Waals surface area contributed by atoms with Crippen molar-refractivity contribution in [2.45, 2.75) is 11.8 Å². The molecular formula is C7H7O4S2-. The van der Waals surface area contributed by atoms with Crippen LogP contribution in [0.5, 0.6) is 0 Å². The molecule has 0 aliphatic rings. The molecule has 0 amide bonds. The lowest BCUT2D eigenvalue weighted by molar-refractivity contribution is 0.540. The lowest BCUT2D eigenvalue weighted by Crippen LogP contribution is -2.07. The summed E-state index contributed by atoms with van der Waals surface area (Å²) >= 11 is 0. The Bertz CT molecular complexity index is 418. The van der Waals surface area contributed by atoms with Crippen LogP contribution in [-0.4, -0.2) is 17.2 Å². The van der Waals surface area contributed by atoms with Crippen LogP contribution in [0.2, 0.25) is 0 Å². The molecule has 1 atom stereocenters. The molecular weight excluding hydrogens is 212 g/mol. The molecule has 0 heterocycles. The first-order chi connectivity index (χ1) is 5.94. The average Bonchev–Trinajstić information content (AvgIpc) is 2.04. The third-order valence-electron chi connectivity index (χ3n) is 1.49. The topological polar surface area (TPSA) is 74.3 Å². The molecule has 0 aromatic heterocycles. The zero-order valence-corrected chi connectivity index (χ0v) is 8.39. The summed E-state index contributed by atoms with van der Waals surface area (Å²) in [5.41, 5.74) is 0.871. The van der Waals surface area contributed by atoms with Crippen LogP contribution < -0.4 is 0 Å². The molecule has 0 saturated carbocycles. The summed E-state index contributed by atoms with van der Waals surface area (Å²) in [4.78, 5) is -0.202. The minimum Gasteiger partial charge on any atom is -0.760 e. The van der Waals surface area contributed by atoms with Crippen LogP contribution in [0.4, 0.5) is 0 Å². The SMILES string of the molecule is Cc1ccc(S(=O)(=O)S(=O)[O-])cc1. The van der Waals surface area contributed by atoms with Gasteiger partial charge in [0, 0.05) is 0 Å². The third kappa shape index (κ3) is 2.15. The van der Waals surface area contributed by atoms with Crippen molar-refractivity contribution in [1.29, 1.82) is 0 Å². The third-order valence-corrected chi connectivity index (χ3v) is 4.35. The maximum atomic E-state index is 11.0. The van der Waals surface area contributed by atoms with Gasteiger partial charge in [-0.3, -0.25) is 4.21 Å². The second-order valence-corrected chi connectivity index (χ2v) is 6.39. The van der Waals surface area contributed by atoms with E-state index in [1.54, 1.807) is 19.1 Å². The molecule has 0 fully saturated rings. The summed E-state index contributed by atoms with van der Waals surface area (Å²) in [6.07, 6.45) is 0. The number of benzene rings is 1. The second-order valence-electron chi connectivity index (χ2n) is 2.47. The van der Waals surface area contributed by atoms with Crippen LogP contribution in [0.3, 0.4) is 0 Å². The van der Waals surface area contributed by atoms with Gasteiger partial charge in [-0.1, -0.05) is 17.7 Å². The average molecular weight is 219 g/mol. The van der Waals surface area contributed by atoms with Crippen LogP contribution in [0.25, 0.3) is 0 Å². The monoisotopic (exact) mass is 219 g/mol. The summed E-state index contributed by atoms with van der Waals surface area (Å²) in [6, 6.07) is 5.61. The Kier molecular flexibility index (Phi) is 2.84. The zero-order valence-electron chi connectivity index (χ0n) is 6.76. The fourth-order valence-electron chi connectivity index (χ4n) is 0.784. The largest absolute Gasteiger partial charge is 0.760 e. The smallest absolute Gasteiger partial charge is 0.245 e. The maximum Gasteiger partial charge on any atom is 0.245 e. The van der Waals surface area contributed by atoms with Gasteiger partial charge in [0.05, 0.1) is 15.0 Å². The molecule has 1 aromatic carbocycles. The molecule has 1 unspecified atom stereocenters. The molecule has 1 rings (SSSR count). The van der Waals surface area contributed by atoms with Gasteiger partial charge >= 0.3 is 0 Å². The predicted molar refractivity (Wildman–Crippen MR) is 47.3 cm³/mol. The van der Waals surface area contributed by atoms with Crippen LogP contribution in [0, 0.1) is 6.92 Å². The Labute approximate surface area is 78.2 Å². The van der Waals surface area contributed by atoms with Crippen molar-refractivity contribution in [3.8, 4) is 0 Å². The first-order valence-corrected chi connectivity index (χ1v) is 6.43. The van der Waals surface area contributed by atoms with Gasteiger partial charge in [0.15, 0.2) is 0 Å². The van der Waals surface area contributed by atoms with Crippen molar-refractivity contribution >= 4 is 19.0 Å². The molecule has 0 N–H and O–H groups in total. The van der Waals surface area contributed by atoms with Gasteiger partial charge in [0.2, 0.25) is 8.87 Å². The van der Waals surface area contributed by atoms with Gasteiger partial charge < -0.3 is 4.55 Å². The molecule has 1 aromatic rings. The minimum absolute atomic E-state index is 0.202. The predicted octanol–water partition coefficient (Wildman–Crippen LogP) is 0.563. The van der Waals surface area contributed by atoms with Crippen LogP contribution >= 0.6 is 0 Å². The lowest BCUT2D eigenvalue weighted by atomic mass is 10.2. The van der Waals surface area contributed by atoms with Gasteiger partial charge in [-0.25, -0.2) is 8.42 Å². The Morgan fingerprint density at radius 2 is 1.69 bits per heavy atom. The number of hydrogen-bond donors (Lipinski definition) is 0. The zero-order chi connectivity index (χ0) is 10.1. The van der Waals surface area contributed by atoms with E-state index in [1.165, 1.54) is 12.1 Å². The van der Waals surface area contributed by atoms with Crippen molar-refractivity contribution in [1.82, 2.24) is 0 Å². The highest BCUT2D eigenvalue weighted by molar-refractivity contribution is 8.61. The number of hydrogen-bond acceptors (Lipinski definition) is 4. The number of rotatable bonds is 2. The highest BCUT2D eigenvalue weighted by Gasteiger charge is 2.13. The van der Waals surface area contributed by atoms with Gasteiger partial charge in [0.1, 0.15) is 0 Å². The summed E-state index contributed by atoms with van der Waals surface area (Å²) in [7, 11) is -7.29. The van der Waals surface area contributed by atoms with E-state index in [-0.39, 0.29) is 4.90 Å². The Hall–Kier alpha value is -0.720. The standard InChI is InChI=1S/C7H8O4S2/c1-6-2-4-7(5-3-6)13(10,11)12(8)9/h2-5H,1H3,(H,8,9)/p-1. The molecule has 6 heteroatoms.